The van der Waals surface area contributed by atoms with Gasteiger partial charge in [-0.05, 0) is 36.2 Å². The Hall–Kier alpha value is -1.56. The number of benzene rings is 1. The van der Waals surface area contributed by atoms with Crippen LogP contribution in [0.5, 0.6) is 0 Å². The Morgan fingerprint density at radius 1 is 1.27 bits per heavy atom. The van der Waals surface area contributed by atoms with Crippen molar-refractivity contribution in [3.05, 3.63) is 44.1 Å². The second-order valence-corrected chi connectivity index (χ2v) is 7.24. The number of carbonyl (C=O) groups excluding carboxylic acids is 2. The number of hydrogen-bond donors (Lipinski definition) is 1. The van der Waals surface area contributed by atoms with Crippen LogP contribution in [0.2, 0.25) is 8.67 Å². The van der Waals surface area contributed by atoms with Crippen molar-refractivity contribution in [2.45, 2.75) is 13.3 Å². The summed E-state index contributed by atoms with van der Waals surface area (Å²) in [5, 5.41) is 2.81. The highest BCUT2D eigenvalue weighted by Crippen LogP contribution is 2.33. The summed E-state index contributed by atoms with van der Waals surface area (Å²) in [6.45, 7) is 2.22. The molecule has 0 saturated carbocycles. The van der Waals surface area contributed by atoms with Gasteiger partial charge in [-0.15, -0.1) is 11.3 Å². The van der Waals surface area contributed by atoms with Gasteiger partial charge in [-0.1, -0.05) is 23.2 Å². The highest BCUT2D eigenvalue weighted by atomic mass is 35.5. The molecule has 1 aliphatic rings. The molecule has 114 valence electrons. The zero-order valence-electron chi connectivity index (χ0n) is 11.7. The Bertz CT molecular complexity index is 773. The fraction of sp³-hybridized carbons (Fsp3) is 0.200. The average molecular weight is 355 g/mol. The first kappa shape index (κ1) is 15.3. The molecule has 0 fully saturated rings. The van der Waals surface area contributed by atoms with Gasteiger partial charge in [0.15, 0.2) is 0 Å². The lowest BCUT2D eigenvalue weighted by Crippen LogP contribution is -2.25. The highest BCUT2D eigenvalue weighted by Gasteiger charge is 2.22. The molecule has 2 heterocycles. The van der Waals surface area contributed by atoms with Crippen LogP contribution in [-0.4, -0.2) is 18.4 Å². The van der Waals surface area contributed by atoms with Crippen LogP contribution in [0.4, 0.5) is 11.4 Å². The number of anilines is 2. The lowest BCUT2D eigenvalue weighted by Gasteiger charge is -2.15. The van der Waals surface area contributed by atoms with E-state index in [0.29, 0.717) is 26.5 Å². The standard InChI is InChI=1S/C15H12Cl2N2O2S/c1-8(20)19-5-4-9-6-10(2-3-12(9)19)18-15(21)11-7-13(16)22-14(11)17/h2-3,6-7H,4-5H2,1H3,(H,18,21). The fourth-order valence-corrected chi connectivity index (χ4v) is 3.96. The molecular formula is C15H12Cl2N2O2S. The maximum atomic E-state index is 12.2. The molecule has 3 rings (SSSR count). The molecule has 1 aromatic heterocycles. The van der Waals surface area contributed by atoms with Crippen LogP contribution in [0.25, 0.3) is 0 Å². The molecule has 1 N–H and O–H groups in total. The first-order chi connectivity index (χ1) is 10.5. The van der Waals surface area contributed by atoms with Crippen molar-refractivity contribution < 1.29 is 9.59 Å². The van der Waals surface area contributed by atoms with E-state index in [0.717, 1.165) is 29.0 Å². The molecule has 22 heavy (non-hydrogen) atoms. The molecule has 0 aliphatic carbocycles. The second kappa shape index (κ2) is 5.91. The van der Waals surface area contributed by atoms with Crippen LogP contribution in [0.3, 0.4) is 0 Å². The Balaban J connectivity index is 1.81. The maximum Gasteiger partial charge on any atom is 0.258 e. The number of nitrogens with one attached hydrogen (secondary N) is 1. The maximum absolute atomic E-state index is 12.2. The molecule has 4 nitrogen and oxygen atoms in total. The zero-order valence-corrected chi connectivity index (χ0v) is 14.0. The van der Waals surface area contributed by atoms with E-state index in [1.165, 1.54) is 0 Å². The van der Waals surface area contributed by atoms with E-state index in [2.05, 4.69) is 5.32 Å². The predicted molar refractivity (Wildman–Crippen MR) is 90.5 cm³/mol. The van der Waals surface area contributed by atoms with Crippen LogP contribution >= 0.6 is 34.5 Å². The van der Waals surface area contributed by atoms with Gasteiger partial charge in [-0.2, -0.15) is 0 Å². The first-order valence-electron chi connectivity index (χ1n) is 6.63. The Morgan fingerprint density at radius 2 is 2.05 bits per heavy atom. The van der Waals surface area contributed by atoms with Gasteiger partial charge in [0.25, 0.3) is 5.91 Å². The summed E-state index contributed by atoms with van der Waals surface area (Å²) in [6.07, 6.45) is 0.781. The molecule has 0 bridgehead atoms. The van der Waals surface area contributed by atoms with Gasteiger partial charge < -0.3 is 10.2 Å². The summed E-state index contributed by atoms with van der Waals surface area (Å²) >= 11 is 13.0. The monoisotopic (exact) mass is 354 g/mol. The third kappa shape index (κ3) is 2.84. The van der Waals surface area contributed by atoms with Crippen molar-refractivity contribution >= 4 is 57.7 Å². The third-order valence-electron chi connectivity index (χ3n) is 3.51. The third-order valence-corrected chi connectivity index (χ3v) is 5.00. The van der Waals surface area contributed by atoms with Gasteiger partial charge in [-0.3, -0.25) is 9.59 Å². The number of fused-ring (bicyclic) bond motifs is 1. The lowest BCUT2D eigenvalue weighted by molar-refractivity contribution is -0.116. The molecule has 1 aliphatic heterocycles. The normalized spacial score (nSPS) is 13.1. The Morgan fingerprint density at radius 3 is 2.68 bits per heavy atom. The van der Waals surface area contributed by atoms with Crippen molar-refractivity contribution in [3.8, 4) is 0 Å². The number of halogens is 2. The van der Waals surface area contributed by atoms with E-state index in [4.69, 9.17) is 23.2 Å². The van der Waals surface area contributed by atoms with Gasteiger partial charge in [-0.25, -0.2) is 0 Å². The van der Waals surface area contributed by atoms with E-state index in [1.807, 2.05) is 12.1 Å². The van der Waals surface area contributed by atoms with E-state index < -0.39 is 0 Å². The summed E-state index contributed by atoms with van der Waals surface area (Å²) < 4.78 is 0.840. The van der Waals surface area contributed by atoms with Crippen molar-refractivity contribution in [2.24, 2.45) is 0 Å². The summed E-state index contributed by atoms with van der Waals surface area (Å²) in [4.78, 5) is 25.5. The molecule has 0 saturated heterocycles. The average Bonchev–Trinajstić information content (AvgIpc) is 3.01. The van der Waals surface area contributed by atoms with Crippen LogP contribution in [0.15, 0.2) is 24.3 Å². The predicted octanol–water partition coefficient (Wildman–Crippen LogP) is 4.22. The Labute approximate surface area is 141 Å². The van der Waals surface area contributed by atoms with Crippen molar-refractivity contribution in [1.82, 2.24) is 0 Å². The van der Waals surface area contributed by atoms with E-state index >= 15 is 0 Å². The molecule has 2 aromatic rings. The number of rotatable bonds is 2. The van der Waals surface area contributed by atoms with Gasteiger partial charge in [0.05, 0.1) is 9.90 Å². The summed E-state index contributed by atoms with van der Waals surface area (Å²) in [5.41, 5.74) is 2.99. The van der Waals surface area contributed by atoms with Gasteiger partial charge in [0.2, 0.25) is 5.91 Å². The van der Waals surface area contributed by atoms with Crippen molar-refractivity contribution in [1.29, 1.82) is 0 Å². The van der Waals surface area contributed by atoms with Crippen LogP contribution in [0.1, 0.15) is 22.8 Å². The molecule has 0 unspecified atom stereocenters. The minimum absolute atomic E-state index is 0.0234. The minimum Gasteiger partial charge on any atom is -0.322 e. The molecule has 7 heteroatoms. The summed E-state index contributed by atoms with van der Waals surface area (Å²) in [7, 11) is 0. The summed E-state index contributed by atoms with van der Waals surface area (Å²) in [6, 6.07) is 7.06. The van der Waals surface area contributed by atoms with Crippen LogP contribution in [-0.2, 0) is 11.2 Å². The van der Waals surface area contributed by atoms with Gasteiger partial charge in [0, 0.05) is 24.8 Å². The van der Waals surface area contributed by atoms with Gasteiger partial charge >= 0.3 is 0 Å². The highest BCUT2D eigenvalue weighted by molar-refractivity contribution is 7.20. The summed E-state index contributed by atoms with van der Waals surface area (Å²) in [5.74, 6) is -0.273. The molecule has 0 atom stereocenters. The SMILES string of the molecule is CC(=O)N1CCc2cc(NC(=O)c3cc(Cl)sc3Cl)ccc21. The molecule has 1 aromatic carbocycles. The van der Waals surface area contributed by atoms with E-state index in [1.54, 1.807) is 24.0 Å². The van der Waals surface area contributed by atoms with Gasteiger partial charge in [0.1, 0.15) is 4.34 Å². The molecule has 0 radical (unpaired) electrons. The molecule has 0 spiro atoms. The van der Waals surface area contributed by atoms with Crippen molar-refractivity contribution in [3.63, 3.8) is 0 Å². The molecule has 2 amide bonds. The van der Waals surface area contributed by atoms with E-state index in [-0.39, 0.29) is 11.8 Å². The fourth-order valence-electron chi connectivity index (χ4n) is 2.50. The lowest BCUT2D eigenvalue weighted by atomic mass is 10.1. The quantitative estimate of drug-likeness (QED) is 0.877. The number of hydrogen-bond acceptors (Lipinski definition) is 3. The number of thiophene rings is 1. The minimum atomic E-state index is -0.297. The van der Waals surface area contributed by atoms with Crippen LogP contribution < -0.4 is 10.2 Å². The zero-order chi connectivity index (χ0) is 15.9. The number of carbonyl (C=O) groups is 2. The molecular weight excluding hydrogens is 343 g/mol. The first-order valence-corrected chi connectivity index (χ1v) is 8.20. The van der Waals surface area contributed by atoms with Crippen LogP contribution in [0, 0.1) is 0 Å². The Kier molecular flexibility index (Phi) is 4.12. The topological polar surface area (TPSA) is 49.4 Å². The van der Waals surface area contributed by atoms with E-state index in [9.17, 15) is 9.59 Å². The largest absolute Gasteiger partial charge is 0.322 e. The second-order valence-electron chi connectivity index (χ2n) is 4.96. The smallest absolute Gasteiger partial charge is 0.258 e. The number of nitrogens with zero attached hydrogens (tertiary/aromatic N) is 1. The number of amides is 2. The van der Waals surface area contributed by atoms with Crippen molar-refractivity contribution in [2.75, 3.05) is 16.8 Å².